The van der Waals surface area contributed by atoms with Crippen molar-refractivity contribution in [3.05, 3.63) is 58.1 Å². The molecule has 4 fully saturated rings. The summed E-state index contributed by atoms with van der Waals surface area (Å²) in [5, 5.41) is 13.4. The first kappa shape index (κ1) is 40.7. The van der Waals surface area contributed by atoms with Crippen molar-refractivity contribution in [3.8, 4) is 0 Å². The second-order valence-corrected chi connectivity index (χ2v) is 20.7. The van der Waals surface area contributed by atoms with E-state index in [1.54, 1.807) is 19.9 Å². The van der Waals surface area contributed by atoms with E-state index in [9.17, 15) is 24.3 Å². The van der Waals surface area contributed by atoms with Gasteiger partial charge in [0, 0.05) is 22.3 Å². The van der Waals surface area contributed by atoms with Crippen molar-refractivity contribution < 1.29 is 29.0 Å². The summed E-state index contributed by atoms with van der Waals surface area (Å²) in [5.41, 5.74) is 1.35. The summed E-state index contributed by atoms with van der Waals surface area (Å²) in [7, 11) is 0. The van der Waals surface area contributed by atoms with Crippen LogP contribution in [0.1, 0.15) is 145 Å². The van der Waals surface area contributed by atoms with Crippen molar-refractivity contribution in [1.29, 1.82) is 0 Å². The summed E-state index contributed by atoms with van der Waals surface area (Å²) in [6.45, 7) is 21.5. The van der Waals surface area contributed by atoms with Crippen LogP contribution in [0.25, 0.3) is 0 Å². The second-order valence-electron chi connectivity index (χ2n) is 20.2. The Morgan fingerprint density at radius 3 is 2.22 bits per heavy atom. The highest BCUT2D eigenvalue weighted by atomic mass is 35.5. The molecule has 7 nitrogen and oxygen atoms in total. The molecule has 0 radical (unpaired) electrons. The summed E-state index contributed by atoms with van der Waals surface area (Å²) in [4.78, 5) is 52.3. The van der Waals surface area contributed by atoms with Gasteiger partial charge in [-0.3, -0.25) is 19.2 Å². The average Bonchev–Trinajstić information content (AvgIpc) is 3.38. The Morgan fingerprint density at radius 2 is 1.57 bits per heavy atom. The molecule has 5 aliphatic carbocycles. The highest BCUT2D eigenvalue weighted by Crippen LogP contribution is 2.76. The van der Waals surface area contributed by atoms with E-state index in [0.29, 0.717) is 29.2 Å². The fourth-order valence-corrected chi connectivity index (χ4v) is 13.5. The SMILES string of the molecule is CC(C)C1=C2[C@@](/C=C/C(=O)N[C@H](C)c3cccc(Cl)c3)(CC[C@H]3[C@]4(C)CC[C@H]5C(C)(C)[C@@H](OC(=O)CC(C)(C)C(=O)O)CC[C@]5(C)[C@H]4CC[C@]23C)CC1=O. The highest BCUT2D eigenvalue weighted by Gasteiger charge is 2.69. The quantitative estimate of drug-likeness (QED) is 0.192. The zero-order valence-corrected chi connectivity index (χ0v) is 35.1. The van der Waals surface area contributed by atoms with Gasteiger partial charge in [-0.25, -0.2) is 0 Å². The summed E-state index contributed by atoms with van der Waals surface area (Å²) in [5.74, 6) is 0.0272. The van der Waals surface area contributed by atoms with Crippen molar-refractivity contribution in [2.45, 2.75) is 146 Å². The Hall–Kier alpha value is -2.93. The zero-order valence-electron chi connectivity index (χ0n) is 34.4. The van der Waals surface area contributed by atoms with E-state index in [1.165, 1.54) is 5.57 Å². The average molecular weight is 762 g/mol. The number of halogens is 1. The lowest BCUT2D eigenvalue weighted by Crippen LogP contribution is -2.64. The molecule has 0 aliphatic heterocycles. The molecule has 0 aromatic heterocycles. The summed E-state index contributed by atoms with van der Waals surface area (Å²) in [6, 6.07) is 7.35. The number of nitrogens with one attached hydrogen (secondary N) is 1. The fraction of sp³-hybridized carbons (Fsp3) is 0.696. The molecule has 0 heterocycles. The standard InChI is InChI=1S/C46H64ClNO6/c1-27(2)38-31(49)25-46(23-18-36(50)48-28(3)29-12-11-13-30(47)24-29)22-16-34-44(9)19-14-32-42(6,7)35(54-37(51)26-41(4,5)40(52)53)17-21-43(32,8)33(44)15-20-45(34,10)39(38)46/h11-13,18,23-24,27-28,32-35H,14-17,19-22,25-26H2,1-10H3,(H,48,50)(H,52,53)/b23-18+/t28-,32+,33-,34+,35+,43+,44-,45+,46-/m1/s1. The molecular weight excluding hydrogens is 698 g/mol. The number of carbonyl (C=O) groups is 4. The molecule has 1 aromatic rings. The lowest BCUT2D eigenvalue weighted by Gasteiger charge is -2.70. The Morgan fingerprint density at radius 1 is 0.944 bits per heavy atom. The van der Waals surface area contributed by atoms with E-state index in [4.69, 9.17) is 16.3 Å². The number of Topliss-reactive ketones (excluding diaryl/α,β-unsaturated/α-hetero) is 1. The minimum Gasteiger partial charge on any atom is -0.481 e. The molecule has 8 heteroatoms. The summed E-state index contributed by atoms with van der Waals surface area (Å²) >= 11 is 6.23. The normalized spacial score (nSPS) is 36.6. The molecule has 54 heavy (non-hydrogen) atoms. The van der Waals surface area contributed by atoms with Crippen LogP contribution in [0.15, 0.2) is 47.6 Å². The summed E-state index contributed by atoms with van der Waals surface area (Å²) < 4.78 is 6.16. The maximum atomic E-state index is 14.1. The zero-order chi connectivity index (χ0) is 39.8. The third-order valence-electron chi connectivity index (χ3n) is 15.8. The number of carboxylic acid groups (broad SMARTS) is 1. The van der Waals surface area contributed by atoms with Crippen LogP contribution in [0.4, 0.5) is 0 Å². The van der Waals surface area contributed by atoms with Crippen molar-refractivity contribution in [2.75, 3.05) is 0 Å². The first-order chi connectivity index (χ1) is 25.0. The van der Waals surface area contributed by atoms with Gasteiger partial charge in [-0.15, -0.1) is 0 Å². The van der Waals surface area contributed by atoms with Crippen LogP contribution < -0.4 is 5.32 Å². The number of hydrogen-bond acceptors (Lipinski definition) is 5. The van der Waals surface area contributed by atoms with Crippen LogP contribution in [-0.2, 0) is 23.9 Å². The van der Waals surface area contributed by atoms with E-state index in [-0.39, 0.29) is 57.8 Å². The van der Waals surface area contributed by atoms with Crippen LogP contribution in [0.2, 0.25) is 5.02 Å². The molecule has 0 saturated heterocycles. The van der Waals surface area contributed by atoms with Crippen LogP contribution in [0.3, 0.4) is 0 Å². The van der Waals surface area contributed by atoms with Gasteiger partial charge in [-0.2, -0.15) is 0 Å². The van der Waals surface area contributed by atoms with Crippen LogP contribution in [0.5, 0.6) is 0 Å². The lowest BCUT2D eigenvalue weighted by molar-refractivity contribution is -0.221. The predicted molar refractivity (Wildman–Crippen MR) is 212 cm³/mol. The third-order valence-corrected chi connectivity index (χ3v) is 16.1. The molecule has 0 bridgehead atoms. The molecule has 5 aliphatic rings. The molecule has 1 aromatic carbocycles. The topological polar surface area (TPSA) is 110 Å². The largest absolute Gasteiger partial charge is 0.481 e. The molecule has 296 valence electrons. The van der Waals surface area contributed by atoms with Crippen LogP contribution in [0, 0.1) is 56.2 Å². The second kappa shape index (κ2) is 13.9. The number of carboxylic acids is 1. The number of ketones is 1. The molecule has 0 unspecified atom stereocenters. The van der Waals surface area contributed by atoms with Crippen molar-refractivity contribution >= 4 is 35.2 Å². The first-order valence-corrected chi connectivity index (χ1v) is 20.9. The number of aliphatic carboxylic acids is 1. The Kier molecular flexibility index (Phi) is 10.5. The van der Waals surface area contributed by atoms with E-state index in [1.807, 2.05) is 31.2 Å². The monoisotopic (exact) mass is 761 g/mol. The molecule has 0 spiro atoms. The van der Waals surface area contributed by atoms with Crippen LogP contribution >= 0.6 is 11.6 Å². The molecule has 4 saturated carbocycles. The van der Waals surface area contributed by atoms with Gasteiger partial charge in [0.1, 0.15) is 6.10 Å². The van der Waals surface area contributed by atoms with Gasteiger partial charge in [0.15, 0.2) is 5.78 Å². The van der Waals surface area contributed by atoms with Crippen LogP contribution in [-0.4, -0.2) is 34.8 Å². The van der Waals surface area contributed by atoms with Gasteiger partial charge in [-0.05, 0) is 147 Å². The number of fused-ring (bicyclic) bond motifs is 7. The van der Waals surface area contributed by atoms with Gasteiger partial charge in [0.25, 0.3) is 0 Å². The Bertz CT molecular complexity index is 1770. The number of esters is 1. The van der Waals surface area contributed by atoms with Crippen molar-refractivity contribution in [2.24, 2.45) is 56.2 Å². The first-order valence-electron chi connectivity index (χ1n) is 20.5. The number of allylic oxidation sites excluding steroid dienone is 3. The number of carbonyl (C=O) groups excluding carboxylic acids is 3. The number of amides is 1. The number of rotatable bonds is 9. The van der Waals surface area contributed by atoms with Crippen molar-refractivity contribution in [3.63, 3.8) is 0 Å². The number of hydrogen-bond donors (Lipinski definition) is 2. The predicted octanol–water partition coefficient (Wildman–Crippen LogP) is 10.5. The minimum absolute atomic E-state index is 0.0635. The van der Waals surface area contributed by atoms with Gasteiger partial charge in [-0.1, -0.05) is 78.3 Å². The van der Waals surface area contributed by atoms with Gasteiger partial charge in [0.2, 0.25) is 5.91 Å². The third kappa shape index (κ3) is 6.60. The van der Waals surface area contributed by atoms with Crippen molar-refractivity contribution in [1.82, 2.24) is 5.32 Å². The highest BCUT2D eigenvalue weighted by molar-refractivity contribution is 6.30. The number of benzene rings is 1. The maximum absolute atomic E-state index is 14.1. The van der Waals surface area contributed by atoms with Gasteiger partial charge >= 0.3 is 11.9 Å². The smallest absolute Gasteiger partial charge is 0.309 e. The van der Waals surface area contributed by atoms with E-state index < -0.39 is 22.8 Å². The molecule has 6 rings (SSSR count). The minimum atomic E-state index is -1.17. The maximum Gasteiger partial charge on any atom is 0.309 e. The number of ether oxygens (including phenoxy) is 1. The Balaban J connectivity index is 1.26. The van der Waals surface area contributed by atoms with E-state index in [0.717, 1.165) is 62.5 Å². The summed E-state index contributed by atoms with van der Waals surface area (Å²) in [6.07, 6.45) is 11.7. The molecule has 2 N–H and O–H groups in total. The Labute approximate surface area is 328 Å². The molecule has 9 atom stereocenters. The lowest BCUT2D eigenvalue weighted by atomic mass is 9.34. The van der Waals surface area contributed by atoms with Gasteiger partial charge < -0.3 is 15.2 Å². The fourth-order valence-electron chi connectivity index (χ4n) is 13.3. The van der Waals surface area contributed by atoms with Gasteiger partial charge in [0.05, 0.1) is 17.9 Å². The molecule has 1 amide bonds. The van der Waals surface area contributed by atoms with E-state index in [2.05, 4.69) is 59.9 Å². The molecular formula is C46H64ClNO6. The van der Waals surface area contributed by atoms with E-state index >= 15 is 0 Å².